The number of hydrogen-bond donors (Lipinski definition) is 2. The Bertz CT molecular complexity index is 346. The molecule has 4 heteroatoms. The van der Waals surface area contributed by atoms with Crippen LogP contribution in [0.1, 0.15) is 57.8 Å². The highest BCUT2D eigenvalue weighted by Crippen LogP contribution is 2.42. The third-order valence-electron chi connectivity index (χ3n) is 5.16. The molecule has 0 spiro atoms. The zero-order valence-electron chi connectivity index (χ0n) is 12.4. The smallest absolute Gasteiger partial charge is 0.240 e. The second-order valence-corrected chi connectivity index (χ2v) is 7.05. The van der Waals surface area contributed by atoms with Gasteiger partial charge in [-0.1, -0.05) is 19.3 Å². The molecule has 3 rings (SSSR count). The van der Waals surface area contributed by atoms with E-state index in [9.17, 15) is 4.79 Å². The van der Waals surface area contributed by atoms with Crippen LogP contribution in [0.4, 0.5) is 0 Å². The summed E-state index contributed by atoms with van der Waals surface area (Å²) in [6, 6.07) is 0.487. The molecule has 3 N–H and O–H groups in total. The van der Waals surface area contributed by atoms with Crippen molar-refractivity contribution in [1.82, 2.24) is 5.32 Å². The molecular formula is C16H28N2O2. The first-order chi connectivity index (χ1) is 9.71. The first kappa shape index (κ1) is 14.3. The number of nitrogens with one attached hydrogen (secondary N) is 1. The Hall–Kier alpha value is -0.610. The fourth-order valence-corrected chi connectivity index (χ4v) is 3.53. The lowest BCUT2D eigenvalue weighted by Crippen LogP contribution is -2.61. The van der Waals surface area contributed by atoms with Crippen LogP contribution in [-0.4, -0.2) is 30.7 Å². The molecule has 0 aromatic carbocycles. The van der Waals surface area contributed by atoms with E-state index in [1.165, 1.54) is 44.9 Å². The van der Waals surface area contributed by atoms with Gasteiger partial charge in [-0.3, -0.25) is 10.1 Å². The van der Waals surface area contributed by atoms with Crippen molar-refractivity contribution >= 4 is 5.91 Å². The molecule has 0 saturated heterocycles. The van der Waals surface area contributed by atoms with Gasteiger partial charge < -0.3 is 10.5 Å². The van der Waals surface area contributed by atoms with Gasteiger partial charge in [-0.05, 0) is 50.4 Å². The molecule has 3 aliphatic rings. The number of hydrogen-bond acceptors (Lipinski definition) is 3. The largest absolute Gasteiger partial charge is 0.379 e. The molecule has 3 aliphatic carbocycles. The lowest BCUT2D eigenvalue weighted by Gasteiger charge is -2.33. The Morgan fingerprint density at radius 2 is 1.80 bits per heavy atom. The molecule has 1 amide bonds. The van der Waals surface area contributed by atoms with Crippen molar-refractivity contribution in [2.24, 2.45) is 17.6 Å². The minimum atomic E-state index is -0.587. The molecule has 0 heterocycles. The zero-order chi connectivity index (χ0) is 14.0. The van der Waals surface area contributed by atoms with E-state index in [4.69, 9.17) is 10.5 Å². The minimum absolute atomic E-state index is 0.212. The van der Waals surface area contributed by atoms with Gasteiger partial charge in [0.15, 0.2) is 0 Å². The molecule has 1 unspecified atom stereocenters. The number of primary amides is 1. The summed E-state index contributed by atoms with van der Waals surface area (Å²) in [6.07, 6.45) is 11.1. The van der Waals surface area contributed by atoms with Crippen LogP contribution < -0.4 is 11.1 Å². The van der Waals surface area contributed by atoms with Crippen LogP contribution >= 0.6 is 0 Å². The summed E-state index contributed by atoms with van der Waals surface area (Å²) < 4.78 is 5.97. The van der Waals surface area contributed by atoms with Crippen LogP contribution in [0.15, 0.2) is 0 Å². The van der Waals surface area contributed by atoms with Gasteiger partial charge in [-0.25, -0.2) is 0 Å². The maximum atomic E-state index is 12.0. The van der Waals surface area contributed by atoms with E-state index in [0.717, 1.165) is 19.4 Å². The third kappa shape index (κ3) is 3.34. The van der Waals surface area contributed by atoms with Gasteiger partial charge in [0.25, 0.3) is 0 Å². The molecular weight excluding hydrogens is 252 g/mol. The SMILES string of the molecule is NC(=O)C(COCC1CCCCC1)(NC1CC1)C1CC1. The predicted molar refractivity (Wildman–Crippen MR) is 78.2 cm³/mol. The molecule has 0 radical (unpaired) electrons. The highest BCUT2D eigenvalue weighted by Gasteiger charge is 2.52. The molecule has 1 atom stereocenters. The Labute approximate surface area is 121 Å². The molecule has 0 bridgehead atoms. The molecule has 3 fully saturated rings. The highest BCUT2D eigenvalue weighted by atomic mass is 16.5. The molecule has 20 heavy (non-hydrogen) atoms. The summed E-state index contributed by atoms with van der Waals surface area (Å²) in [6.45, 7) is 1.27. The second kappa shape index (κ2) is 6.02. The Morgan fingerprint density at radius 3 is 2.35 bits per heavy atom. The van der Waals surface area contributed by atoms with E-state index < -0.39 is 5.54 Å². The van der Waals surface area contributed by atoms with Gasteiger partial charge in [0.1, 0.15) is 5.54 Å². The van der Waals surface area contributed by atoms with E-state index in [0.29, 0.717) is 24.5 Å². The van der Waals surface area contributed by atoms with Gasteiger partial charge >= 0.3 is 0 Å². The monoisotopic (exact) mass is 280 g/mol. The van der Waals surface area contributed by atoms with Crippen molar-refractivity contribution in [3.63, 3.8) is 0 Å². The number of amides is 1. The van der Waals surface area contributed by atoms with Crippen molar-refractivity contribution in [3.05, 3.63) is 0 Å². The minimum Gasteiger partial charge on any atom is -0.379 e. The van der Waals surface area contributed by atoms with E-state index in [-0.39, 0.29) is 5.91 Å². The van der Waals surface area contributed by atoms with Crippen molar-refractivity contribution in [1.29, 1.82) is 0 Å². The van der Waals surface area contributed by atoms with Crippen LogP contribution in [0.2, 0.25) is 0 Å². The lowest BCUT2D eigenvalue weighted by molar-refractivity contribution is -0.128. The summed E-state index contributed by atoms with van der Waals surface area (Å²) in [4.78, 5) is 12.0. The zero-order valence-corrected chi connectivity index (χ0v) is 12.4. The normalized spacial score (nSPS) is 27.2. The van der Waals surface area contributed by atoms with E-state index >= 15 is 0 Å². The first-order valence-electron chi connectivity index (χ1n) is 8.36. The van der Waals surface area contributed by atoms with Gasteiger partial charge in [0.05, 0.1) is 6.61 Å². The Morgan fingerprint density at radius 1 is 1.10 bits per heavy atom. The second-order valence-electron chi connectivity index (χ2n) is 7.05. The van der Waals surface area contributed by atoms with Crippen molar-refractivity contribution in [2.75, 3.05) is 13.2 Å². The van der Waals surface area contributed by atoms with Crippen LogP contribution in [0.3, 0.4) is 0 Å². The van der Waals surface area contributed by atoms with Gasteiger partial charge in [-0.15, -0.1) is 0 Å². The molecule has 0 aliphatic heterocycles. The standard InChI is InChI=1S/C16H28N2O2/c17-15(19)16(13-6-7-13,18-14-8-9-14)11-20-10-12-4-2-1-3-5-12/h12-14,18H,1-11H2,(H2,17,19). The Kier molecular flexibility index (Phi) is 4.32. The van der Waals surface area contributed by atoms with Crippen LogP contribution in [0.5, 0.6) is 0 Å². The Balaban J connectivity index is 1.53. The molecule has 0 aromatic rings. The van der Waals surface area contributed by atoms with E-state index in [1.807, 2.05) is 0 Å². The molecule has 4 nitrogen and oxygen atoms in total. The van der Waals surface area contributed by atoms with Crippen LogP contribution in [0.25, 0.3) is 0 Å². The highest BCUT2D eigenvalue weighted by molar-refractivity contribution is 5.86. The number of ether oxygens (including phenoxy) is 1. The quantitative estimate of drug-likeness (QED) is 0.714. The van der Waals surface area contributed by atoms with Gasteiger partial charge in [-0.2, -0.15) is 0 Å². The van der Waals surface area contributed by atoms with Crippen molar-refractivity contribution in [3.8, 4) is 0 Å². The summed E-state index contributed by atoms with van der Waals surface area (Å²) in [5, 5.41) is 3.50. The van der Waals surface area contributed by atoms with Gasteiger partial charge in [0.2, 0.25) is 5.91 Å². The van der Waals surface area contributed by atoms with Crippen molar-refractivity contribution < 1.29 is 9.53 Å². The van der Waals surface area contributed by atoms with Crippen LogP contribution in [-0.2, 0) is 9.53 Å². The molecule has 114 valence electrons. The summed E-state index contributed by atoms with van der Waals surface area (Å²) in [7, 11) is 0. The number of rotatable bonds is 8. The maximum absolute atomic E-state index is 12.0. The fraction of sp³-hybridized carbons (Fsp3) is 0.938. The molecule has 3 saturated carbocycles. The lowest BCUT2D eigenvalue weighted by atomic mass is 9.89. The summed E-state index contributed by atoms with van der Waals surface area (Å²) in [5.41, 5.74) is 5.14. The van der Waals surface area contributed by atoms with Crippen molar-refractivity contribution in [2.45, 2.75) is 69.4 Å². The third-order valence-corrected chi connectivity index (χ3v) is 5.16. The summed E-state index contributed by atoms with van der Waals surface area (Å²) >= 11 is 0. The van der Waals surface area contributed by atoms with Crippen LogP contribution in [0, 0.1) is 11.8 Å². The first-order valence-corrected chi connectivity index (χ1v) is 8.36. The predicted octanol–water partition coefficient (Wildman–Crippen LogP) is 1.97. The van der Waals surface area contributed by atoms with E-state index in [1.54, 1.807) is 0 Å². The van der Waals surface area contributed by atoms with Gasteiger partial charge in [0, 0.05) is 12.6 Å². The molecule has 0 aromatic heterocycles. The number of carbonyl (C=O) groups is 1. The van der Waals surface area contributed by atoms with E-state index in [2.05, 4.69) is 5.32 Å². The average Bonchev–Trinajstić information content (AvgIpc) is 3.31. The number of nitrogens with two attached hydrogens (primary N) is 1. The number of carbonyl (C=O) groups excluding carboxylic acids is 1. The average molecular weight is 280 g/mol. The summed E-state index contributed by atoms with van der Waals surface area (Å²) in [5.74, 6) is 0.872. The fourth-order valence-electron chi connectivity index (χ4n) is 3.53. The maximum Gasteiger partial charge on any atom is 0.240 e. The topological polar surface area (TPSA) is 64.4 Å².